The van der Waals surface area contributed by atoms with Crippen molar-refractivity contribution in [2.24, 2.45) is 0 Å². The van der Waals surface area contributed by atoms with Gasteiger partial charge in [-0.05, 0) is 41.4 Å². The van der Waals surface area contributed by atoms with Crippen molar-refractivity contribution in [2.45, 2.75) is 20.3 Å². The van der Waals surface area contributed by atoms with Crippen LogP contribution in [0.15, 0.2) is 34.8 Å². The van der Waals surface area contributed by atoms with Crippen LogP contribution in [0.2, 0.25) is 5.15 Å². The highest BCUT2D eigenvalue weighted by molar-refractivity contribution is 9.10. The average molecular weight is 363 g/mol. The van der Waals surface area contributed by atoms with E-state index in [1.807, 2.05) is 44.2 Å². The lowest BCUT2D eigenvalue weighted by molar-refractivity contribution is 0.991. The Balaban J connectivity index is 2.32. The predicted molar refractivity (Wildman–Crippen MR) is 89.6 cm³/mol. The number of aryl methyl sites for hydroxylation is 2. The molecule has 2 heterocycles. The SMILES string of the molecule is CCc1nc(-c2cc(C)nc3ccccc23)nc(Cl)c1Br. The van der Waals surface area contributed by atoms with Gasteiger partial charge in [0, 0.05) is 16.6 Å². The number of hydrogen-bond donors (Lipinski definition) is 0. The van der Waals surface area contributed by atoms with Gasteiger partial charge >= 0.3 is 0 Å². The number of hydrogen-bond acceptors (Lipinski definition) is 3. The van der Waals surface area contributed by atoms with Crippen LogP contribution in [0.5, 0.6) is 0 Å². The zero-order chi connectivity index (χ0) is 15.0. The van der Waals surface area contributed by atoms with Crippen molar-refractivity contribution >= 4 is 38.4 Å². The average Bonchev–Trinajstić information content (AvgIpc) is 2.49. The Morgan fingerprint density at radius 1 is 1.14 bits per heavy atom. The summed E-state index contributed by atoms with van der Waals surface area (Å²) in [5, 5.41) is 1.47. The van der Waals surface area contributed by atoms with Crippen LogP contribution in [0, 0.1) is 6.92 Å². The van der Waals surface area contributed by atoms with Gasteiger partial charge in [0.05, 0.1) is 15.7 Å². The third-order valence-electron chi connectivity index (χ3n) is 3.30. The van der Waals surface area contributed by atoms with Crippen LogP contribution < -0.4 is 0 Å². The van der Waals surface area contributed by atoms with Crippen LogP contribution in [0.4, 0.5) is 0 Å². The minimum atomic E-state index is 0.440. The van der Waals surface area contributed by atoms with E-state index in [-0.39, 0.29) is 0 Å². The van der Waals surface area contributed by atoms with Gasteiger partial charge in [-0.15, -0.1) is 0 Å². The molecule has 0 aliphatic carbocycles. The molecule has 0 spiro atoms. The maximum atomic E-state index is 6.23. The minimum Gasteiger partial charge on any atom is -0.253 e. The van der Waals surface area contributed by atoms with E-state index in [0.29, 0.717) is 11.0 Å². The maximum Gasteiger partial charge on any atom is 0.161 e. The second kappa shape index (κ2) is 5.70. The second-order valence-electron chi connectivity index (χ2n) is 4.78. The monoisotopic (exact) mass is 361 g/mol. The summed E-state index contributed by atoms with van der Waals surface area (Å²) in [6, 6.07) is 9.99. The van der Waals surface area contributed by atoms with Gasteiger partial charge < -0.3 is 0 Å². The molecule has 0 N–H and O–H groups in total. The first-order valence-electron chi connectivity index (χ1n) is 6.68. The van der Waals surface area contributed by atoms with Crippen LogP contribution in [-0.4, -0.2) is 15.0 Å². The van der Waals surface area contributed by atoms with Crippen LogP contribution in [0.1, 0.15) is 18.3 Å². The van der Waals surface area contributed by atoms with E-state index in [4.69, 9.17) is 11.6 Å². The van der Waals surface area contributed by atoms with Gasteiger partial charge in [0.25, 0.3) is 0 Å². The fourth-order valence-electron chi connectivity index (χ4n) is 2.31. The molecule has 0 fully saturated rings. The van der Waals surface area contributed by atoms with Gasteiger partial charge in [-0.25, -0.2) is 9.97 Å². The number of para-hydroxylation sites is 1. The number of rotatable bonds is 2. The van der Waals surface area contributed by atoms with Gasteiger partial charge in [0.1, 0.15) is 5.15 Å². The number of fused-ring (bicyclic) bond motifs is 1. The molecule has 3 aromatic rings. The van der Waals surface area contributed by atoms with Crippen molar-refractivity contribution in [3.63, 3.8) is 0 Å². The van der Waals surface area contributed by atoms with E-state index in [9.17, 15) is 0 Å². The Morgan fingerprint density at radius 3 is 2.67 bits per heavy atom. The molecule has 0 amide bonds. The number of aromatic nitrogens is 3. The summed E-state index contributed by atoms with van der Waals surface area (Å²) < 4.78 is 0.769. The fourth-order valence-corrected chi connectivity index (χ4v) is 2.96. The maximum absolute atomic E-state index is 6.23. The normalized spacial score (nSPS) is 11.0. The molecule has 0 radical (unpaired) electrons. The quantitative estimate of drug-likeness (QED) is 0.604. The Labute approximate surface area is 136 Å². The van der Waals surface area contributed by atoms with Gasteiger partial charge in [0.15, 0.2) is 5.82 Å². The zero-order valence-electron chi connectivity index (χ0n) is 11.7. The van der Waals surface area contributed by atoms with Gasteiger partial charge in [0.2, 0.25) is 0 Å². The Kier molecular flexibility index (Phi) is 3.91. The molecule has 2 aromatic heterocycles. The third kappa shape index (κ3) is 2.65. The topological polar surface area (TPSA) is 38.7 Å². The Hall–Kier alpha value is -1.52. The van der Waals surface area contributed by atoms with E-state index in [0.717, 1.165) is 38.7 Å². The molecule has 21 heavy (non-hydrogen) atoms. The molecule has 0 aliphatic rings. The molecule has 106 valence electrons. The smallest absolute Gasteiger partial charge is 0.161 e. The summed E-state index contributed by atoms with van der Waals surface area (Å²) in [6.07, 6.45) is 0.790. The summed E-state index contributed by atoms with van der Waals surface area (Å²) in [5.74, 6) is 0.641. The number of nitrogens with zero attached hydrogens (tertiary/aromatic N) is 3. The number of halogens is 2. The first-order chi connectivity index (χ1) is 10.1. The lowest BCUT2D eigenvalue weighted by atomic mass is 10.1. The van der Waals surface area contributed by atoms with E-state index in [1.54, 1.807) is 0 Å². The van der Waals surface area contributed by atoms with E-state index in [2.05, 4.69) is 30.9 Å². The Morgan fingerprint density at radius 2 is 1.90 bits per heavy atom. The first kappa shape index (κ1) is 14.4. The highest BCUT2D eigenvalue weighted by atomic mass is 79.9. The summed E-state index contributed by atoms with van der Waals surface area (Å²) >= 11 is 9.67. The molecule has 5 heteroatoms. The highest BCUT2D eigenvalue weighted by Gasteiger charge is 2.14. The van der Waals surface area contributed by atoms with Crippen molar-refractivity contribution in [1.29, 1.82) is 0 Å². The number of pyridine rings is 1. The molecule has 1 aromatic carbocycles. The molecule has 3 rings (SSSR count). The van der Waals surface area contributed by atoms with Crippen molar-refractivity contribution in [3.8, 4) is 11.4 Å². The lowest BCUT2D eigenvalue weighted by Gasteiger charge is -2.10. The van der Waals surface area contributed by atoms with Gasteiger partial charge in [-0.2, -0.15) is 0 Å². The largest absolute Gasteiger partial charge is 0.253 e. The van der Waals surface area contributed by atoms with E-state index in [1.165, 1.54) is 0 Å². The zero-order valence-corrected chi connectivity index (χ0v) is 14.0. The molecular formula is C16H13BrClN3. The van der Waals surface area contributed by atoms with Crippen molar-refractivity contribution in [1.82, 2.24) is 15.0 Å². The summed E-state index contributed by atoms with van der Waals surface area (Å²) in [6.45, 7) is 4.01. The van der Waals surface area contributed by atoms with Crippen molar-refractivity contribution in [2.75, 3.05) is 0 Å². The lowest BCUT2D eigenvalue weighted by Crippen LogP contribution is -1.99. The summed E-state index contributed by atoms with van der Waals surface area (Å²) in [5.41, 5.74) is 3.74. The van der Waals surface area contributed by atoms with Crippen LogP contribution in [0.3, 0.4) is 0 Å². The molecule has 0 unspecified atom stereocenters. The molecule has 0 saturated carbocycles. The van der Waals surface area contributed by atoms with Crippen LogP contribution in [-0.2, 0) is 6.42 Å². The molecule has 3 nitrogen and oxygen atoms in total. The van der Waals surface area contributed by atoms with Gasteiger partial charge in [-0.3, -0.25) is 4.98 Å². The predicted octanol–water partition coefficient (Wildman–Crippen LogP) is 4.98. The van der Waals surface area contributed by atoms with Crippen molar-refractivity contribution in [3.05, 3.63) is 51.3 Å². The molecule has 0 atom stereocenters. The first-order valence-corrected chi connectivity index (χ1v) is 7.86. The summed E-state index contributed by atoms with van der Waals surface area (Å²) in [7, 11) is 0. The van der Waals surface area contributed by atoms with E-state index >= 15 is 0 Å². The standard InChI is InChI=1S/C16H13BrClN3/c1-3-12-14(17)15(18)21-16(20-12)11-8-9(2)19-13-7-5-4-6-10(11)13/h4-8H,3H2,1-2H3. The van der Waals surface area contributed by atoms with E-state index < -0.39 is 0 Å². The number of benzene rings is 1. The third-order valence-corrected chi connectivity index (χ3v) is 4.63. The van der Waals surface area contributed by atoms with Crippen LogP contribution >= 0.6 is 27.5 Å². The fraction of sp³-hybridized carbons (Fsp3) is 0.188. The molecular weight excluding hydrogens is 350 g/mol. The Bertz CT molecular complexity index is 833. The second-order valence-corrected chi connectivity index (χ2v) is 5.93. The molecule has 0 aliphatic heterocycles. The summed E-state index contributed by atoms with van der Waals surface area (Å²) in [4.78, 5) is 13.6. The van der Waals surface area contributed by atoms with Gasteiger partial charge in [-0.1, -0.05) is 36.7 Å². The highest BCUT2D eigenvalue weighted by Crippen LogP contribution is 2.30. The minimum absolute atomic E-state index is 0.440. The van der Waals surface area contributed by atoms with Crippen LogP contribution in [0.25, 0.3) is 22.3 Å². The molecule has 0 saturated heterocycles. The molecule has 0 bridgehead atoms. The van der Waals surface area contributed by atoms with Crippen molar-refractivity contribution < 1.29 is 0 Å².